The molecule has 6 N–H and O–H groups in total. The van der Waals surface area contributed by atoms with E-state index in [4.69, 9.17) is 11.6 Å². The molecule has 2 rings (SSSR count). The lowest BCUT2D eigenvalue weighted by Gasteiger charge is -2.02. The average molecular weight is 264 g/mol. The molecule has 18 heavy (non-hydrogen) atoms. The van der Waals surface area contributed by atoms with Crippen LogP contribution in [0.25, 0.3) is 0 Å². The second kappa shape index (κ2) is 5.52. The van der Waals surface area contributed by atoms with Gasteiger partial charge in [-0.05, 0) is 17.7 Å². The van der Waals surface area contributed by atoms with Crippen LogP contribution in [0.5, 0.6) is 0 Å². The maximum atomic E-state index is 11.4. The molecule has 0 aliphatic carbocycles. The number of carbonyl (C=O) groups is 1. The number of nitrogen functional groups attached to an aromatic ring is 2. The Labute approximate surface area is 107 Å². The van der Waals surface area contributed by atoms with Crippen LogP contribution in [0.2, 0.25) is 0 Å². The molecule has 1 aromatic heterocycles. The van der Waals surface area contributed by atoms with Gasteiger partial charge in [0.2, 0.25) is 11.1 Å². The van der Waals surface area contributed by atoms with E-state index in [9.17, 15) is 4.79 Å². The van der Waals surface area contributed by atoms with Gasteiger partial charge in [0.15, 0.2) is 0 Å². The number of hydrogen-bond donors (Lipinski definition) is 4. The number of amides is 1. The van der Waals surface area contributed by atoms with Gasteiger partial charge in [0.1, 0.15) is 0 Å². The number of carbonyl (C=O) groups excluding carboxylic acids is 1. The number of rotatable bonds is 4. The van der Waals surface area contributed by atoms with E-state index in [-0.39, 0.29) is 11.9 Å². The standard InChI is InChI=1S/C10H12N6OS/c11-9-13-10(16-15-9)18-5-6-2-1-3-7(4-6)8(17)14-12/h1-4H,5,12H2,(H,14,17)(H3,11,13,15,16). The number of thioether (sulfide) groups is 1. The minimum Gasteiger partial charge on any atom is -0.368 e. The van der Waals surface area contributed by atoms with E-state index in [2.05, 4.69) is 20.6 Å². The summed E-state index contributed by atoms with van der Waals surface area (Å²) < 4.78 is 0. The number of benzene rings is 1. The largest absolute Gasteiger partial charge is 0.368 e. The Kier molecular flexibility index (Phi) is 3.80. The molecule has 1 aromatic carbocycles. The fourth-order valence-corrected chi connectivity index (χ4v) is 2.10. The highest BCUT2D eigenvalue weighted by Crippen LogP contribution is 2.19. The van der Waals surface area contributed by atoms with Gasteiger partial charge in [-0.25, -0.2) is 10.9 Å². The molecule has 0 aliphatic rings. The Balaban J connectivity index is 2.03. The minimum atomic E-state index is -0.316. The zero-order valence-electron chi connectivity index (χ0n) is 9.38. The molecule has 0 saturated carbocycles. The molecule has 0 radical (unpaired) electrons. The molecule has 8 heteroatoms. The maximum absolute atomic E-state index is 11.4. The molecule has 2 aromatic rings. The highest BCUT2D eigenvalue weighted by atomic mass is 32.2. The lowest BCUT2D eigenvalue weighted by atomic mass is 10.1. The molecular weight excluding hydrogens is 252 g/mol. The van der Waals surface area contributed by atoms with Crippen molar-refractivity contribution < 1.29 is 4.79 Å². The van der Waals surface area contributed by atoms with E-state index in [1.807, 2.05) is 6.07 Å². The summed E-state index contributed by atoms with van der Waals surface area (Å²) in [6, 6.07) is 7.18. The molecule has 0 aliphatic heterocycles. The number of H-pyrrole nitrogens is 1. The van der Waals surface area contributed by atoms with Crippen LogP contribution in [0.4, 0.5) is 5.95 Å². The monoisotopic (exact) mass is 264 g/mol. The van der Waals surface area contributed by atoms with E-state index in [0.717, 1.165) is 5.56 Å². The van der Waals surface area contributed by atoms with Crippen molar-refractivity contribution in [1.29, 1.82) is 0 Å². The summed E-state index contributed by atoms with van der Waals surface area (Å²) in [5, 5.41) is 7.04. The summed E-state index contributed by atoms with van der Waals surface area (Å²) in [5.41, 5.74) is 9.01. The second-order valence-electron chi connectivity index (χ2n) is 3.47. The molecule has 7 nitrogen and oxygen atoms in total. The first-order chi connectivity index (χ1) is 8.69. The Morgan fingerprint density at radius 3 is 3.00 bits per heavy atom. The first-order valence-electron chi connectivity index (χ1n) is 5.09. The molecule has 94 valence electrons. The van der Waals surface area contributed by atoms with Crippen molar-refractivity contribution in [3.63, 3.8) is 0 Å². The van der Waals surface area contributed by atoms with E-state index >= 15 is 0 Å². The van der Waals surface area contributed by atoms with Crippen LogP contribution >= 0.6 is 11.8 Å². The zero-order chi connectivity index (χ0) is 13.0. The SMILES string of the molecule is NNC(=O)c1cccc(CSc2n[nH]c(N)n2)c1. The van der Waals surface area contributed by atoms with Crippen molar-refractivity contribution in [1.82, 2.24) is 20.6 Å². The van der Waals surface area contributed by atoms with Gasteiger partial charge in [-0.3, -0.25) is 10.2 Å². The van der Waals surface area contributed by atoms with Crippen LogP contribution in [-0.4, -0.2) is 21.1 Å². The number of aromatic nitrogens is 3. The van der Waals surface area contributed by atoms with Gasteiger partial charge in [-0.1, -0.05) is 23.9 Å². The lowest BCUT2D eigenvalue weighted by molar-refractivity contribution is 0.0953. The molecule has 0 bridgehead atoms. The highest BCUT2D eigenvalue weighted by molar-refractivity contribution is 7.98. The summed E-state index contributed by atoms with van der Waals surface area (Å²) in [6.07, 6.45) is 0. The van der Waals surface area contributed by atoms with Gasteiger partial charge < -0.3 is 5.73 Å². The molecule has 1 heterocycles. The molecule has 0 unspecified atom stereocenters. The fourth-order valence-electron chi connectivity index (χ4n) is 1.36. The van der Waals surface area contributed by atoms with Crippen molar-refractivity contribution in [2.45, 2.75) is 10.9 Å². The van der Waals surface area contributed by atoms with Gasteiger partial charge >= 0.3 is 0 Å². The Bertz CT molecular complexity index is 555. The van der Waals surface area contributed by atoms with Crippen molar-refractivity contribution >= 4 is 23.6 Å². The van der Waals surface area contributed by atoms with Crippen molar-refractivity contribution in [3.8, 4) is 0 Å². The highest BCUT2D eigenvalue weighted by Gasteiger charge is 2.06. The van der Waals surface area contributed by atoms with Crippen LogP contribution in [0, 0.1) is 0 Å². The quantitative estimate of drug-likeness (QED) is 0.272. The van der Waals surface area contributed by atoms with Gasteiger partial charge in [0.25, 0.3) is 5.91 Å². The molecule has 0 fully saturated rings. The first kappa shape index (κ1) is 12.4. The Hall–Kier alpha value is -2.06. The topological polar surface area (TPSA) is 123 Å². The average Bonchev–Trinajstić information content (AvgIpc) is 2.81. The minimum absolute atomic E-state index is 0.286. The number of nitrogens with zero attached hydrogens (tertiary/aromatic N) is 2. The number of aromatic amines is 1. The van der Waals surface area contributed by atoms with Gasteiger partial charge in [0, 0.05) is 11.3 Å². The van der Waals surface area contributed by atoms with E-state index in [1.165, 1.54) is 11.8 Å². The van der Waals surface area contributed by atoms with E-state index < -0.39 is 0 Å². The van der Waals surface area contributed by atoms with Crippen LogP contribution in [0.3, 0.4) is 0 Å². The molecule has 0 atom stereocenters. The number of hydrazine groups is 1. The molecule has 0 saturated heterocycles. The Morgan fingerprint density at radius 1 is 1.50 bits per heavy atom. The van der Waals surface area contributed by atoms with Crippen molar-refractivity contribution in [3.05, 3.63) is 35.4 Å². The Morgan fingerprint density at radius 2 is 2.33 bits per heavy atom. The third-order valence-corrected chi connectivity index (χ3v) is 3.09. The van der Waals surface area contributed by atoms with Gasteiger partial charge in [-0.2, -0.15) is 4.98 Å². The second-order valence-corrected chi connectivity index (χ2v) is 4.41. The summed E-state index contributed by atoms with van der Waals surface area (Å²) >= 11 is 1.43. The maximum Gasteiger partial charge on any atom is 0.265 e. The summed E-state index contributed by atoms with van der Waals surface area (Å²) in [6.45, 7) is 0. The van der Waals surface area contributed by atoms with Crippen LogP contribution in [0.1, 0.15) is 15.9 Å². The smallest absolute Gasteiger partial charge is 0.265 e. The molecule has 0 spiro atoms. The molecular formula is C10H12N6OS. The summed E-state index contributed by atoms with van der Waals surface area (Å²) in [5.74, 6) is 5.69. The summed E-state index contributed by atoms with van der Waals surface area (Å²) in [7, 11) is 0. The summed E-state index contributed by atoms with van der Waals surface area (Å²) in [4.78, 5) is 15.3. The normalized spacial score (nSPS) is 10.3. The predicted molar refractivity (Wildman–Crippen MR) is 68.5 cm³/mol. The number of hydrogen-bond acceptors (Lipinski definition) is 6. The molecule has 1 amide bonds. The number of anilines is 1. The lowest BCUT2D eigenvalue weighted by Crippen LogP contribution is -2.29. The first-order valence-corrected chi connectivity index (χ1v) is 6.08. The van der Waals surface area contributed by atoms with Crippen LogP contribution in [-0.2, 0) is 5.75 Å². The third kappa shape index (κ3) is 2.99. The van der Waals surface area contributed by atoms with Crippen molar-refractivity contribution in [2.24, 2.45) is 5.84 Å². The fraction of sp³-hybridized carbons (Fsp3) is 0.100. The van der Waals surface area contributed by atoms with Crippen LogP contribution < -0.4 is 17.0 Å². The zero-order valence-corrected chi connectivity index (χ0v) is 10.2. The van der Waals surface area contributed by atoms with E-state index in [1.54, 1.807) is 18.2 Å². The third-order valence-electron chi connectivity index (χ3n) is 2.17. The number of nitrogens with two attached hydrogens (primary N) is 2. The predicted octanol–water partition coefficient (Wildman–Crippen LogP) is 0.283. The van der Waals surface area contributed by atoms with Gasteiger partial charge in [-0.15, -0.1) is 5.10 Å². The van der Waals surface area contributed by atoms with Crippen LogP contribution in [0.15, 0.2) is 29.4 Å². The van der Waals surface area contributed by atoms with Gasteiger partial charge in [0.05, 0.1) is 0 Å². The van der Waals surface area contributed by atoms with E-state index in [0.29, 0.717) is 16.5 Å². The number of nitrogens with one attached hydrogen (secondary N) is 2. The van der Waals surface area contributed by atoms with Crippen molar-refractivity contribution in [2.75, 3.05) is 5.73 Å².